The number of nitro benzene ring substituents is 1. The molecule has 0 saturated carbocycles. The first-order chi connectivity index (χ1) is 8.77. The van der Waals surface area contributed by atoms with Crippen molar-refractivity contribution in [2.24, 2.45) is 0 Å². The summed E-state index contributed by atoms with van der Waals surface area (Å²) in [5, 5.41) is 19.4. The summed E-state index contributed by atoms with van der Waals surface area (Å²) in [5.41, 5.74) is -5.25. The first-order valence-electron chi connectivity index (χ1n) is 4.44. The fourth-order valence-corrected chi connectivity index (χ4v) is 1.08. The van der Waals surface area contributed by atoms with Gasteiger partial charge in [-0.05, 0) is 12.5 Å². The number of alkyl halides is 3. The summed E-state index contributed by atoms with van der Waals surface area (Å²) in [5.74, 6) is -0.109. The van der Waals surface area contributed by atoms with Crippen LogP contribution in [0.5, 0.6) is 5.75 Å². The van der Waals surface area contributed by atoms with E-state index < -0.39 is 20.5 Å². The Morgan fingerprint density at radius 3 is 2.00 bits per heavy atom. The average Bonchev–Trinajstić information content (AvgIpc) is 2.23. The maximum atomic E-state index is 10.7. The van der Waals surface area contributed by atoms with Crippen molar-refractivity contribution in [3.05, 3.63) is 32.8 Å². The molecule has 0 amide bonds. The van der Waals surface area contributed by atoms with Crippen molar-refractivity contribution in [1.82, 2.24) is 0 Å². The third-order valence-corrected chi connectivity index (χ3v) is 2.62. The second-order valence-electron chi connectivity index (χ2n) is 3.27. The molecule has 0 spiro atoms. The molecule has 0 atom stereocenters. The Morgan fingerprint density at radius 2 is 1.75 bits per heavy atom. The zero-order valence-corrected chi connectivity index (χ0v) is 11.1. The van der Waals surface area contributed by atoms with Gasteiger partial charge in [0.15, 0.2) is 0 Å². The zero-order valence-electron chi connectivity index (χ0n) is 9.55. The second kappa shape index (κ2) is 6.24. The Labute approximate surface area is 115 Å². The summed E-state index contributed by atoms with van der Waals surface area (Å²) < 4.78 is 57.5. The number of aryl methyl sites for hydroxylation is 1. The third kappa shape index (κ3) is 5.19. The fourth-order valence-electron chi connectivity index (χ4n) is 0.824. The summed E-state index contributed by atoms with van der Waals surface area (Å²) in [6.45, 7) is 1.55. The van der Waals surface area contributed by atoms with E-state index in [-0.39, 0.29) is 16.5 Å². The molecular formula is C8H7ClF3NO6S. The van der Waals surface area contributed by atoms with Gasteiger partial charge in [0.1, 0.15) is 5.75 Å². The van der Waals surface area contributed by atoms with Crippen molar-refractivity contribution in [2.45, 2.75) is 12.4 Å². The molecule has 1 aromatic carbocycles. The quantitative estimate of drug-likeness (QED) is 0.352. The molecule has 20 heavy (non-hydrogen) atoms. The number of benzene rings is 1. The Bertz CT molecular complexity index is 592. The summed E-state index contributed by atoms with van der Waals surface area (Å²) in [4.78, 5) is 9.72. The van der Waals surface area contributed by atoms with Crippen molar-refractivity contribution in [2.75, 3.05) is 0 Å². The van der Waals surface area contributed by atoms with Crippen molar-refractivity contribution < 1.29 is 36.2 Å². The van der Waals surface area contributed by atoms with E-state index in [1.165, 1.54) is 6.07 Å². The van der Waals surface area contributed by atoms with Crippen LogP contribution in [0.3, 0.4) is 0 Å². The normalized spacial score (nSPS) is 11.5. The topological polar surface area (TPSA) is 118 Å². The van der Waals surface area contributed by atoms with Crippen LogP contribution < -0.4 is 0 Å². The minimum atomic E-state index is -5.84. The number of phenols is 1. The molecule has 114 valence electrons. The van der Waals surface area contributed by atoms with Gasteiger partial charge in [0.05, 0.1) is 9.95 Å². The van der Waals surface area contributed by atoms with Crippen LogP contribution in [0.15, 0.2) is 12.1 Å². The van der Waals surface area contributed by atoms with Gasteiger partial charge in [0, 0.05) is 12.1 Å². The smallest absolute Gasteiger partial charge is 0.506 e. The molecule has 0 unspecified atom stereocenters. The summed E-state index contributed by atoms with van der Waals surface area (Å²) in [7, 11) is -5.84. The third-order valence-electron chi connectivity index (χ3n) is 1.74. The molecule has 1 aromatic rings. The summed E-state index contributed by atoms with van der Waals surface area (Å²) >= 11 is 5.51. The van der Waals surface area contributed by atoms with Crippen molar-refractivity contribution in [1.29, 1.82) is 0 Å². The number of aromatic hydroxyl groups is 1. The van der Waals surface area contributed by atoms with Crippen LogP contribution in [-0.2, 0) is 10.1 Å². The Hall–Kier alpha value is -1.59. The van der Waals surface area contributed by atoms with Crippen LogP contribution in [0.1, 0.15) is 5.56 Å². The standard InChI is InChI=1S/C7H6ClNO3.CHF3O3S/c1-4-2-5(9(11)12)3-6(8)7(4)10;2-1(3,4)8(5,6)7/h2-3,10H,1H3;(H,5,6,7). The number of hydrogen-bond donors (Lipinski definition) is 2. The molecule has 0 bridgehead atoms. The average molecular weight is 338 g/mol. The van der Waals surface area contributed by atoms with Crippen LogP contribution in [0.25, 0.3) is 0 Å². The highest BCUT2D eigenvalue weighted by atomic mass is 35.5. The largest absolute Gasteiger partial charge is 0.522 e. The number of rotatable bonds is 1. The molecular weight excluding hydrogens is 331 g/mol. The van der Waals surface area contributed by atoms with E-state index in [0.29, 0.717) is 5.56 Å². The van der Waals surface area contributed by atoms with Gasteiger partial charge in [0.2, 0.25) is 0 Å². The minimum Gasteiger partial charge on any atom is -0.506 e. The van der Waals surface area contributed by atoms with Crippen LogP contribution in [0.2, 0.25) is 5.02 Å². The van der Waals surface area contributed by atoms with Crippen LogP contribution in [0, 0.1) is 17.0 Å². The lowest BCUT2D eigenvalue weighted by molar-refractivity contribution is -0.384. The second-order valence-corrected chi connectivity index (χ2v) is 5.09. The Kier molecular flexibility index (Phi) is 5.74. The van der Waals surface area contributed by atoms with E-state index in [2.05, 4.69) is 0 Å². The zero-order chi connectivity index (χ0) is 16.3. The lowest BCUT2D eigenvalue weighted by Crippen LogP contribution is -2.21. The van der Waals surface area contributed by atoms with Gasteiger partial charge in [-0.3, -0.25) is 14.7 Å². The van der Waals surface area contributed by atoms with Gasteiger partial charge in [-0.15, -0.1) is 0 Å². The molecule has 7 nitrogen and oxygen atoms in total. The SMILES string of the molecule is Cc1cc([N+](=O)[O-])cc(Cl)c1O.O=S(=O)(O)C(F)(F)F. The van der Waals surface area contributed by atoms with Gasteiger partial charge < -0.3 is 5.11 Å². The van der Waals surface area contributed by atoms with Gasteiger partial charge in [-0.2, -0.15) is 21.6 Å². The highest BCUT2D eigenvalue weighted by molar-refractivity contribution is 7.86. The lowest BCUT2D eigenvalue weighted by Gasteiger charge is -1.99. The monoisotopic (exact) mass is 337 g/mol. The number of halogens is 4. The molecule has 0 heterocycles. The van der Waals surface area contributed by atoms with E-state index in [9.17, 15) is 23.3 Å². The molecule has 0 fully saturated rings. The van der Waals surface area contributed by atoms with Gasteiger partial charge in [-0.1, -0.05) is 11.6 Å². The van der Waals surface area contributed by atoms with E-state index in [4.69, 9.17) is 29.7 Å². The first-order valence-corrected chi connectivity index (χ1v) is 6.26. The molecule has 0 aromatic heterocycles. The van der Waals surface area contributed by atoms with E-state index >= 15 is 0 Å². The van der Waals surface area contributed by atoms with Crippen molar-refractivity contribution in [3.63, 3.8) is 0 Å². The number of non-ortho nitro benzene ring substituents is 1. The number of nitrogens with zero attached hydrogens (tertiary/aromatic N) is 1. The highest BCUT2D eigenvalue weighted by Crippen LogP contribution is 2.31. The molecule has 0 aliphatic heterocycles. The van der Waals surface area contributed by atoms with Gasteiger partial charge in [-0.25, -0.2) is 0 Å². The molecule has 1 rings (SSSR count). The van der Waals surface area contributed by atoms with Crippen molar-refractivity contribution >= 4 is 27.4 Å². The van der Waals surface area contributed by atoms with Crippen LogP contribution in [-0.4, -0.2) is 28.5 Å². The number of phenolic OH excluding ortho intramolecular Hbond substituents is 1. The molecule has 12 heteroatoms. The molecule has 0 saturated heterocycles. The first kappa shape index (κ1) is 18.4. The summed E-state index contributed by atoms with van der Waals surface area (Å²) in [6, 6.07) is 2.38. The number of hydrogen-bond acceptors (Lipinski definition) is 5. The molecule has 2 N–H and O–H groups in total. The predicted octanol–water partition coefficient (Wildman–Crippen LogP) is 2.66. The van der Waals surface area contributed by atoms with Crippen LogP contribution in [0.4, 0.5) is 18.9 Å². The van der Waals surface area contributed by atoms with Gasteiger partial charge in [0.25, 0.3) is 5.69 Å². The Morgan fingerprint density at radius 1 is 1.35 bits per heavy atom. The lowest BCUT2D eigenvalue weighted by atomic mass is 10.2. The molecule has 0 aliphatic carbocycles. The highest BCUT2D eigenvalue weighted by Gasteiger charge is 2.44. The van der Waals surface area contributed by atoms with Crippen molar-refractivity contribution in [3.8, 4) is 5.75 Å². The molecule has 0 radical (unpaired) electrons. The fraction of sp³-hybridized carbons (Fsp3) is 0.250. The number of nitro groups is 1. The van der Waals surface area contributed by atoms with E-state index in [1.54, 1.807) is 6.92 Å². The van der Waals surface area contributed by atoms with Gasteiger partial charge >= 0.3 is 15.6 Å². The van der Waals surface area contributed by atoms with E-state index in [0.717, 1.165) is 6.07 Å². The van der Waals surface area contributed by atoms with E-state index in [1.807, 2.05) is 0 Å². The maximum Gasteiger partial charge on any atom is 0.522 e. The van der Waals surface area contributed by atoms with Crippen LogP contribution >= 0.6 is 11.6 Å². The Balaban J connectivity index is 0.000000396. The maximum absolute atomic E-state index is 10.7. The molecule has 0 aliphatic rings. The predicted molar refractivity (Wildman–Crippen MR) is 62.1 cm³/mol. The minimum absolute atomic E-state index is 0.00157. The summed E-state index contributed by atoms with van der Waals surface area (Å²) in [6.07, 6.45) is 0.